The molecule has 0 aliphatic heterocycles. The second-order valence-corrected chi connectivity index (χ2v) is 5.04. The number of ether oxygens (including phenoxy) is 1. The number of benzene rings is 2. The Morgan fingerprint density at radius 2 is 1.83 bits per heavy atom. The molecule has 0 fully saturated rings. The summed E-state index contributed by atoms with van der Waals surface area (Å²) in [5.41, 5.74) is 0.675. The summed E-state index contributed by atoms with van der Waals surface area (Å²) in [5.74, 6) is -1.01. The van der Waals surface area contributed by atoms with Crippen molar-refractivity contribution in [2.24, 2.45) is 0 Å². The second kappa shape index (κ2) is 6.36. The number of furan rings is 1. The molecule has 1 heterocycles. The van der Waals surface area contributed by atoms with Gasteiger partial charge in [-0.25, -0.2) is 4.79 Å². The fourth-order valence-corrected chi connectivity index (χ4v) is 2.24. The van der Waals surface area contributed by atoms with Crippen LogP contribution in [0.4, 0.5) is 5.69 Å². The molecule has 5 heteroatoms. The summed E-state index contributed by atoms with van der Waals surface area (Å²) in [7, 11) is 0. The molecule has 1 N–H and O–H groups in total. The molecule has 3 aromatic rings. The molecule has 0 saturated heterocycles. The molecule has 116 valence electrons. The number of hydrogen-bond donors (Lipinski definition) is 1. The van der Waals surface area contributed by atoms with Crippen LogP contribution >= 0.6 is 0 Å². The Morgan fingerprint density at radius 1 is 1.04 bits per heavy atom. The van der Waals surface area contributed by atoms with Gasteiger partial charge in [0, 0.05) is 11.1 Å². The Morgan fingerprint density at radius 3 is 2.61 bits per heavy atom. The van der Waals surface area contributed by atoms with Gasteiger partial charge in [-0.1, -0.05) is 36.4 Å². The maximum Gasteiger partial charge on any atom is 0.374 e. The van der Waals surface area contributed by atoms with Crippen molar-refractivity contribution >= 4 is 28.3 Å². The van der Waals surface area contributed by atoms with Crippen LogP contribution in [0.3, 0.4) is 0 Å². The van der Waals surface area contributed by atoms with Crippen LogP contribution in [0.25, 0.3) is 10.8 Å². The number of anilines is 1. The predicted octanol–water partition coefficient (Wildman–Crippen LogP) is 3.62. The van der Waals surface area contributed by atoms with E-state index in [4.69, 9.17) is 9.15 Å². The van der Waals surface area contributed by atoms with Crippen molar-refractivity contribution in [2.45, 2.75) is 13.0 Å². The zero-order chi connectivity index (χ0) is 16.2. The van der Waals surface area contributed by atoms with Gasteiger partial charge in [0.1, 0.15) is 0 Å². The Bertz CT molecular complexity index is 834. The maximum atomic E-state index is 12.2. The van der Waals surface area contributed by atoms with Crippen molar-refractivity contribution in [1.29, 1.82) is 0 Å². The molecule has 0 aliphatic carbocycles. The third-order valence-corrected chi connectivity index (χ3v) is 3.42. The molecule has 1 atom stereocenters. The zero-order valence-electron chi connectivity index (χ0n) is 12.5. The minimum Gasteiger partial charge on any atom is -0.457 e. The Balaban J connectivity index is 1.72. The van der Waals surface area contributed by atoms with Crippen LogP contribution in [0.2, 0.25) is 0 Å². The minimum atomic E-state index is -0.938. The largest absolute Gasteiger partial charge is 0.457 e. The highest BCUT2D eigenvalue weighted by atomic mass is 16.6. The highest BCUT2D eigenvalue weighted by Crippen LogP contribution is 2.23. The van der Waals surface area contributed by atoms with Gasteiger partial charge in [0.15, 0.2) is 6.10 Å². The monoisotopic (exact) mass is 309 g/mol. The summed E-state index contributed by atoms with van der Waals surface area (Å²) >= 11 is 0. The smallest absolute Gasteiger partial charge is 0.374 e. The maximum absolute atomic E-state index is 12.2. The Kier molecular flexibility index (Phi) is 4.10. The van der Waals surface area contributed by atoms with E-state index in [1.54, 1.807) is 12.1 Å². The molecule has 1 amide bonds. The minimum absolute atomic E-state index is 0.0646. The number of nitrogens with one attached hydrogen (secondary N) is 1. The van der Waals surface area contributed by atoms with Crippen molar-refractivity contribution in [3.05, 3.63) is 66.6 Å². The van der Waals surface area contributed by atoms with Gasteiger partial charge in [-0.15, -0.1) is 0 Å². The lowest BCUT2D eigenvalue weighted by molar-refractivity contribution is -0.123. The Hall–Kier alpha value is -3.08. The van der Waals surface area contributed by atoms with E-state index in [0.717, 1.165) is 10.8 Å². The third-order valence-electron chi connectivity index (χ3n) is 3.42. The summed E-state index contributed by atoms with van der Waals surface area (Å²) in [6.45, 7) is 1.52. The quantitative estimate of drug-likeness (QED) is 0.747. The molecule has 0 spiro atoms. The number of amides is 1. The number of carbonyl (C=O) groups excluding carboxylic acids is 2. The average molecular weight is 309 g/mol. The number of fused-ring (bicyclic) bond motifs is 1. The van der Waals surface area contributed by atoms with Gasteiger partial charge in [-0.3, -0.25) is 4.79 Å². The van der Waals surface area contributed by atoms with Gasteiger partial charge in [-0.2, -0.15) is 0 Å². The average Bonchev–Trinajstić information content (AvgIpc) is 3.09. The predicted molar refractivity (Wildman–Crippen MR) is 86.2 cm³/mol. The van der Waals surface area contributed by atoms with E-state index in [-0.39, 0.29) is 5.76 Å². The van der Waals surface area contributed by atoms with Gasteiger partial charge in [0.2, 0.25) is 5.76 Å². The fourth-order valence-electron chi connectivity index (χ4n) is 2.24. The molecule has 2 aromatic carbocycles. The lowest BCUT2D eigenvalue weighted by Crippen LogP contribution is -2.29. The molecule has 0 bridgehead atoms. The standard InChI is InChI=1S/C18H15NO4/c1-12(23-18(21)16-10-5-11-22-16)17(20)19-15-9-4-7-13-6-2-3-8-14(13)15/h2-12H,1H3,(H,19,20)/t12-/m1/s1. The topological polar surface area (TPSA) is 68.5 Å². The summed E-state index contributed by atoms with van der Waals surface area (Å²) < 4.78 is 10.0. The second-order valence-electron chi connectivity index (χ2n) is 5.04. The van der Waals surface area contributed by atoms with Crippen molar-refractivity contribution < 1.29 is 18.7 Å². The number of carbonyl (C=O) groups is 2. The summed E-state index contributed by atoms with van der Waals surface area (Å²) in [6.07, 6.45) is 0.434. The highest BCUT2D eigenvalue weighted by molar-refractivity contribution is 6.04. The molecule has 5 nitrogen and oxygen atoms in total. The van der Waals surface area contributed by atoms with E-state index in [2.05, 4.69) is 5.32 Å². The van der Waals surface area contributed by atoms with E-state index in [1.807, 2.05) is 36.4 Å². The van der Waals surface area contributed by atoms with E-state index in [9.17, 15) is 9.59 Å². The lowest BCUT2D eigenvalue weighted by Gasteiger charge is -2.14. The molecular formula is C18H15NO4. The first-order valence-electron chi connectivity index (χ1n) is 7.18. The molecule has 1 aromatic heterocycles. The third kappa shape index (κ3) is 3.23. The van der Waals surface area contributed by atoms with Gasteiger partial charge >= 0.3 is 5.97 Å². The molecule has 0 radical (unpaired) electrons. The van der Waals surface area contributed by atoms with Crippen LogP contribution in [-0.2, 0) is 9.53 Å². The van der Waals surface area contributed by atoms with Crippen molar-refractivity contribution in [3.63, 3.8) is 0 Å². The van der Waals surface area contributed by atoms with Crippen LogP contribution in [-0.4, -0.2) is 18.0 Å². The first-order chi connectivity index (χ1) is 11.1. The van der Waals surface area contributed by atoms with Crippen LogP contribution in [0.5, 0.6) is 0 Å². The van der Waals surface area contributed by atoms with E-state index >= 15 is 0 Å². The number of hydrogen-bond acceptors (Lipinski definition) is 4. The molecule has 23 heavy (non-hydrogen) atoms. The van der Waals surface area contributed by atoms with E-state index in [1.165, 1.54) is 19.3 Å². The van der Waals surface area contributed by atoms with Gasteiger partial charge in [0.25, 0.3) is 5.91 Å². The van der Waals surface area contributed by atoms with Gasteiger partial charge in [-0.05, 0) is 30.5 Å². The van der Waals surface area contributed by atoms with E-state index < -0.39 is 18.0 Å². The summed E-state index contributed by atoms with van der Waals surface area (Å²) in [4.78, 5) is 24.0. The summed E-state index contributed by atoms with van der Waals surface area (Å²) in [5, 5.41) is 4.73. The van der Waals surface area contributed by atoms with Gasteiger partial charge in [0.05, 0.1) is 6.26 Å². The van der Waals surface area contributed by atoms with Crippen molar-refractivity contribution in [1.82, 2.24) is 0 Å². The molecule has 0 aliphatic rings. The molecule has 0 saturated carbocycles. The molecular weight excluding hydrogens is 294 g/mol. The van der Waals surface area contributed by atoms with Crippen LogP contribution < -0.4 is 5.32 Å². The number of rotatable bonds is 4. The Labute approximate surface area is 132 Å². The lowest BCUT2D eigenvalue weighted by atomic mass is 10.1. The first-order valence-corrected chi connectivity index (χ1v) is 7.18. The van der Waals surface area contributed by atoms with Crippen LogP contribution in [0, 0.1) is 0 Å². The van der Waals surface area contributed by atoms with Gasteiger partial charge < -0.3 is 14.5 Å². The molecule has 3 rings (SSSR count). The van der Waals surface area contributed by atoms with Crippen molar-refractivity contribution in [3.8, 4) is 0 Å². The normalized spacial score (nSPS) is 11.9. The van der Waals surface area contributed by atoms with E-state index in [0.29, 0.717) is 5.69 Å². The number of esters is 1. The first kappa shape index (κ1) is 14.8. The zero-order valence-corrected chi connectivity index (χ0v) is 12.5. The fraction of sp³-hybridized carbons (Fsp3) is 0.111. The van der Waals surface area contributed by atoms with Crippen molar-refractivity contribution in [2.75, 3.05) is 5.32 Å². The van der Waals surface area contributed by atoms with Crippen LogP contribution in [0.1, 0.15) is 17.5 Å². The molecule has 0 unspecified atom stereocenters. The van der Waals surface area contributed by atoms with Crippen LogP contribution in [0.15, 0.2) is 65.3 Å². The highest BCUT2D eigenvalue weighted by Gasteiger charge is 2.20. The summed E-state index contributed by atoms with van der Waals surface area (Å²) in [6, 6.07) is 16.4. The SMILES string of the molecule is C[C@@H](OC(=O)c1ccco1)C(=O)Nc1cccc2ccccc12.